The van der Waals surface area contributed by atoms with Crippen molar-refractivity contribution in [3.8, 4) is 33.4 Å². The van der Waals surface area contributed by atoms with E-state index in [4.69, 9.17) is 0 Å². The van der Waals surface area contributed by atoms with Gasteiger partial charge in [0, 0.05) is 44.9 Å². The highest BCUT2D eigenvalue weighted by Crippen LogP contribution is 2.40. The third-order valence-electron chi connectivity index (χ3n) is 11.1. The topological polar surface area (TPSA) is 8.17 Å². The highest BCUT2D eigenvalue weighted by molar-refractivity contribution is 6.09. The largest absolute Gasteiger partial charge is 0.337 e. The number of hydrogen-bond donors (Lipinski definition) is 0. The summed E-state index contributed by atoms with van der Waals surface area (Å²) in [6.07, 6.45) is 9.24. The fourth-order valence-corrected chi connectivity index (χ4v) is 8.03. The lowest BCUT2D eigenvalue weighted by atomic mass is 9.95. The fraction of sp³-hybridized carbons (Fsp3) is 0.192. The van der Waals surface area contributed by atoms with Crippen molar-refractivity contribution in [2.75, 3.05) is 4.90 Å². The predicted octanol–water partition coefficient (Wildman–Crippen LogP) is 15.6. The van der Waals surface area contributed by atoms with Crippen LogP contribution in [0.4, 0.5) is 17.1 Å². The molecule has 54 heavy (non-hydrogen) atoms. The standard InChI is InChI=1S/C48H40N2.C4H10/c1-4-12-35(13-5-1)37-24-29-43(30-25-37)49(41-14-6-2-7-15-41)44-31-26-38(27-32-44)36-20-22-39(23-21-36)40-28-33-48-46(34-40)45-18-10-11-19-47(45)50(48)42-16-8-3-9-17-42;1-3-4-2/h1-2,4-7,10-15,18-34,42H,3,8-9,16-17H2;3-4H2,1-2H3. The predicted molar refractivity (Wildman–Crippen MR) is 233 cm³/mol. The Balaban J connectivity index is 0.000000987. The van der Waals surface area contributed by atoms with Crippen LogP contribution in [0.2, 0.25) is 0 Å². The number of para-hydroxylation sites is 2. The molecule has 1 fully saturated rings. The molecule has 1 aliphatic rings. The molecule has 7 aromatic carbocycles. The zero-order valence-electron chi connectivity index (χ0n) is 31.7. The number of rotatable bonds is 8. The summed E-state index contributed by atoms with van der Waals surface area (Å²) in [5.74, 6) is 0. The first kappa shape index (κ1) is 35.2. The molecule has 0 atom stereocenters. The minimum atomic E-state index is 0.600. The van der Waals surface area contributed by atoms with Crippen molar-refractivity contribution in [2.45, 2.75) is 64.8 Å². The van der Waals surface area contributed by atoms with Crippen LogP contribution in [0.5, 0.6) is 0 Å². The number of anilines is 3. The van der Waals surface area contributed by atoms with Gasteiger partial charge in [0.1, 0.15) is 0 Å². The molecule has 0 unspecified atom stereocenters. The maximum Gasteiger partial charge on any atom is 0.0494 e. The second-order valence-corrected chi connectivity index (χ2v) is 14.6. The lowest BCUT2D eigenvalue weighted by Crippen LogP contribution is -2.12. The fourth-order valence-electron chi connectivity index (χ4n) is 8.03. The Morgan fingerprint density at radius 3 is 1.41 bits per heavy atom. The van der Waals surface area contributed by atoms with E-state index in [0.717, 1.165) is 17.1 Å². The zero-order chi connectivity index (χ0) is 36.7. The van der Waals surface area contributed by atoms with E-state index in [1.165, 1.54) is 100 Å². The van der Waals surface area contributed by atoms with Gasteiger partial charge in [-0.15, -0.1) is 0 Å². The molecule has 2 nitrogen and oxygen atoms in total. The Kier molecular flexibility index (Phi) is 10.7. The van der Waals surface area contributed by atoms with Crippen LogP contribution < -0.4 is 4.90 Å². The van der Waals surface area contributed by atoms with Crippen molar-refractivity contribution in [1.29, 1.82) is 0 Å². The van der Waals surface area contributed by atoms with E-state index in [1.54, 1.807) is 0 Å². The summed E-state index contributed by atoms with van der Waals surface area (Å²) in [6, 6.07) is 64.7. The van der Waals surface area contributed by atoms with Crippen molar-refractivity contribution in [1.82, 2.24) is 4.57 Å². The molecule has 0 saturated heterocycles. The van der Waals surface area contributed by atoms with E-state index in [2.05, 4.69) is 199 Å². The number of hydrogen-bond acceptors (Lipinski definition) is 1. The van der Waals surface area contributed by atoms with Crippen LogP contribution in [0.1, 0.15) is 64.8 Å². The molecular formula is C52H50N2. The smallest absolute Gasteiger partial charge is 0.0494 e. The molecule has 1 aliphatic carbocycles. The molecule has 0 radical (unpaired) electrons. The van der Waals surface area contributed by atoms with Gasteiger partial charge in [-0.25, -0.2) is 0 Å². The molecular weight excluding hydrogens is 653 g/mol. The van der Waals surface area contributed by atoms with Crippen molar-refractivity contribution in [3.63, 3.8) is 0 Å². The molecule has 0 N–H and O–H groups in total. The first-order chi connectivity index (χ1) is 26.7. The van der Waals surface area contributed by atoms with Crippen LogP contribution in [0, 0.1) is 0 Å². The third-order valence-corrected chi connectivity index (χ3v) is 11.1. The Bertz CT molecular complexity index is 2400. The molecule has 2 heteroatoms. The van der Waals surface area contributed by atoms with E-state index in [9.17, 15) is 0 Å². The van der Waals surface area contributed by atoms with Crippen LogP contribution in [0.25, 0.3) is 55.2 Å². The minimum absolute atomic E-state index is 0.600. The zero-order valence-corrected chi connectivity index (χ0v) is 31.7. The average Bonchev–Trinajstić information content (AvgIpc) is 3.59. The molecule has 268 valence electrons. The summed E-state index contributed by atoms with van der Waals surface area (Å²) in [4.78, 5) is 2.32. The SMILES string of the molecule is CCCC.c1ccc(-c2ccc(N(c3ccccc3)c3ccc(-c4ccc(-c5ccc6c(c5)c5ccccc5n6C5CCCCC5)cc4)cc3)cc2)cc1. The summed E-state index contributed by atoms with van der Waals surface area (Å²) >= 11 is 0. The average molecular weight is 703 g/mol. The van der Waals surface area contributed by atoms with Crippen LogP contribution in [-0.2, 0) is 0 Å². The van der Waals surface area contributed by atoms with Gasteiger partial charge in [-0.2, -0.15) is 0 Å². The molecule has 1 saturated carbocycles. The van der Waals surface area contributed by atoms with Crippen LogP contribution in [0.15, 0.2) is 176 Å². The van der Waals surface area contributed by atoms with Gasteiger partial charge < -0.3 is 9.47 Å². The lowest BCUT2D eigenvalue weighted by Gasteiger charge is -2.26. The van der Waals surface area contributed by atoms with Crippen LogP contribution in [0.3, 0.4) is 0 Å². The monoisotopic (exact) mass is 702 g/mol. The van der Waals surface area contributed by atoms with E-state index in [0.29, 0.717) is 6.04 Å². The van der Waals surface area contributed by atoms with Gasteiger partial charge in [0.2, 0.25) is 0 Å². The second kappa shape index (κ2) is 16.4. The second-order valence-electron chi connectivity index (χ2n) is 14.6. The molecule has 0 amide bonds. The molecule has 1 heterocycles. The van der Waals surface area contributed by atoms with E-state index >= 15 is 0 Å². The molecule has 0 spiro atoms. The number of benzene rings is 7. The lowest BCUT2D eigenvalue weighted by molar-refractivity contribution is 0.367. The van der Waals surface area contributed by atoms with Crippen molar-refractivity contribution in [2.24, 2.45) is 0 Å². The number of fused-ring (bicyclic) bond motifs is 3. The molecule has 0 aliphatic heterocycles. The Morgan fingerprint density at radius 2 is 0.833 bits per heavy atom. The molecule has 8 aromatic rings. The van der Waals surface area contributed by atoms with Crippen molar-refractivity contribution in [3.05, 3.63) is 176 Å². The summed E-state index contributed by atoms with van der Waals surface area (Å²) in [6.45, 7) is 4.36. The molecule has 1 aromatic heterocycles. The van der Waals surface area contributed by atoms with E-state index < -0.39 is 0 Å². The van der Waals surface area contributed by atoms with Crippen molar-refractivity contribution >= 4 is 38.9 Å². The van der Waals surface area contributed by atoms with Crippen LogP contribution in [-0.4, -0.2) is 4.57 Å². The maximum absolute atomic E-state index is 2.64. The Labute approximate surface area is 321 Å². The highest BCUT2D eigenvalue weighted by atomic mass is 15.1. The van der Waals surface area contributed by atoms with Crippen LogP contribution >= 0.6 is 0 Å². The Morgan fingerprint density at radius 1 is 0.407 bits per heavy atom. The van der Waals surface area contributed by atoms with Gasteiger partial charge >= 0.3 is 0 Å². The first-order valence-corrected chi connectivity index (χ1v) is 20.0. The van der Waals surface area contributed by atoms with E-state index in [1.807, 2.05) is 0 Å². The summed E-state index contributed by atoms with van der Waals surface area (Å²) in [5.41, 5.74) is 13.5. The number of nitrogens with zero attached hydrogens (tertiary/aromatic N) is 2. The molecule has 0 bridgehead atoms. The maximum atomic E-state index is 2.64. The summed E-state index contributed by atoms with van der Waals surface area (Å²) in [7, 11) is 0. The summed E-state index contributed by atoms with van der Waals surface area (Å²) < 4.78 is 2.64. The van der Waals surface area contributed by atoms with Gasteiger partial charge in [0.25, 0.3) is 0 Å². The number of unbranched alkanes of at least 4 members (excludes halogenated alkanes) is 1. The van der Waals surface area contributed by atoms with Gasteiger partial charge in [0.15, 0.2) is 0 Å². The van der Waals surface area contributed by atoms with Gasteiger partial charge in [-0.3, -0.25) is 0 Å². The van der Waals surface area contributed by atoms with Gasteiger partial charge in [0.05, 0.1) is 0 Å². The van der Waals surface area contributed by atoms with Gasteiger partial charge in [-0.1, -0.05) is 167 Å². The summed E-state index contributed by atoms with van der Waals surface area (Å²) in [5, 5.41) is 2.73. The normalized spacial score (nSPS) is 13.1. The van der Waals surface area contributed by atoms with E-state index in [-0.39, 0.29) is 0 Å². The quantitative estimate of drug-likeness (QED) is 0.153. The third kappa shape index (κ3) is 7.34. The number of aromatic nitrogens is 1. The van der Waals surface area contributed by atoms with Gasteiger partial charge in [-0.05, 0) is 101 Å². The molecule has 9 rings (SSSR count). The minimum Gasteiger partial charge on any atom is -0.337 e. The highest BCUT2D eigenvalue weighted by Gasteiger charge is 2.21. The Hall–Kier alpha value is -5.86. The first-order valence-electron chi connectivity index (χ1n) is 20.0. The van der Waals surface area contributed by atoms with Crippen molar-refractivity contribution < 1.29 is 0 Å².